The van der Waals surface area contributed by atoms with Gasteiger partial charge in [0.2, 0.25) is 0 Å². The molecule has 6 heteroatoms. The normalized spacial score (nSPS) is 10.7. The molecule has 0 atom stereocenters. The van der Waals surface area contributed by atoms with Crippen molar-refractivity contribution < 1.29 is 9.13 Å². The highest BCUT2D eigenvalue weighted by Crippen LogP contribution is 2.20. The van der Waals surface area contributed by atoms with E-state index in [1.165, 1.54) is 12.1 Å². The SMILES string of the molecule is Cn1c(Cl)cnc1COc1ccc(F)cc1CN. The first-order chi connectivity index (χ1) is 8.61. The standard InChI is InChI=1S/C12H13ClFN3O/c1-17-11(13)6-16-12(17)7-18-10-3-2-9(14)4-8(10)5-15/h2-4,6H,5,7,15H2,1H3. The Bertz CT molecular complexity index is 556. The first kappa shape index (κ1) is 12.9. The van der Waals surface area contributed by atoms with E-state index in [1.54, 1.807) is 23.9 Å². The van der Waals surface area contributed by atoms with Crippen LogP contribution in [0.4, 0.5) is 4.39 Å². The van der Waals surface area contributed by atoms with Crippen LogP contribution in [0, 0.1) is 5.82 Å². The van der Waals surface area contributed by atoms with Crippen molar-refractivity contribution in [3.05, 3.63) is 46.8 Å². The first-order valence-electron chi connectivity index (χ1n) is 5.39. The Hall–Kier alpha value is -1.59. The number of halogens is 2. The molecule has 0 aliphatic heterocycles. The van der Waals surface area contributed by atoms with Gasteiger partial charge in [-0.05, 0) is 18.2 Å². The van der Waals surface area contributed by atoms with Gasteiger partial charge in [0.05, 0.1) is 6.20 Å². The molecule has 0 bridgehead atoms. The van der Waals surface area contributed by atoms with Crippen LogP contribution in [0.1, 0.15) is 11.4 Å². The van der Waals surface area contributed by atoms with Crippen molar-refractivity contribution in [2.45, 2.75) is 13.2 Å². The Kier molecular flexibility index (Phi) is 3.84. The Morgan fingerprint density at radius 2 is 2.28 bits per heavy atom. The van der Waals surface area contributed by atoms with Crippen molar-refractivity contribution in [3.63, 3.8) is 0 Å². The lowest BCUT2D eigenvalue weighted by Crippen LogP contribution is -2.06. The second-order valence-corrected chi connectivity index (χ2v) is 4.19. The predicted octanol–water partition coefficient (Wildman–Crippen LogP) is 2.25. The van der Waals surface area contributed by atoms with Crippen molar-refractivity contribution in [1.82, 2.24) is 9.55 Å². The fourth-order valence-corrected chi connectivity index (χ4v) is 1.70. The maximum absolute atomic E-state index is 13.0. The van der Waals surface area contributed by atoms with Gasteiger partial charge in [-0.3, -0.25) is 0 Å². The summed E-state index contributed by atoms with van der Waals surface area (Å²) in [5, 5.41) is 0.534. The molecular weight excluding hydrogens is 257 g/mol. The van der Waals surface area contributed by atoms with E-state index in [0.717, 1.165) is 0 Å². The van der Waals surface area contributed by atoms with Crippen molar-refractivity contribution in [2.24, 2.45) is 12.8 Å². The molecule has 1 aromatic heterocycles. The quantitative estimate of drug-likeness (QED) is 0.926. The van der Waals surface area contributed by atoms with Crippen LogP contribution in [0.2, 0.25) is 5.15 Å². The average Bonchev–Trinajstić information content (AvgIpc) is 2.68. The molecular formula is C12H13ClFN3O. The van der Waals surface area contributed by atoms with Crippen molar-refractivity contribution in [1.29, 1.82) is 0 Å². The van der Waals surface area contributed by atoms with Crippen LogP contribution in [0.15, 0.2) is 24.4 Å². The number of hydrogen-bond donors (Lipinski definition) is 1. The van der Waals surface area contributed by atoms with Crippen LogP contribution >= 0.6 is 11.6 Å². The smallest absolute Gasteiger partial charge is 0.147 e. The molecule has 0 saturated heterocycles. The van der Waals surface area contributed by atoms with E-state index in [9.17, 15) is 4.39 Å². The van der Waals surface area contributed by atoms with E-state index in [0.29, 0.717) is 22.3 Å². The van der Waals surface area contributed by atoms with Crippen LogP contribution in [0.3, 0.4) is 0 Å². The van der Waals surface area contributed by atoms with Gasteiger partial charge in [0.15, 0.2) is 0 Å². The van der Waals surface area contributed by atoms with Crippen LogP contribution in [-0.2, 0) is 20.2 Å². The molecule has 0 saturated carbocycles. The van der Waals surface area contributed by atoms with Crippen LogP contribution in [0.5, 0.6) is 5.75 Å². The van der Waals surface area contributed by atoms with E-state index in [1.807, 2.05) is 0 Å². The summed E-state index contributed by atoms with van der Waals surface area (Å²) in [4.78, 5) is 4.10. The number of imidazole rings is 1. The molecule has 0 aliphatic carbocycles. The average molecular weight is 270 g/mol. The van der Waals surface area contributed by atoms with E-state index in [4.69, 9.17) is 22.1 Å². The van der Waals surface area contributed by atoms with E-state index in [-0.39, 0.29) is 19.0 Å². The minimum Gasteiger partial charge on any atom is -0.485 e. The van der Waals surface area contributed by atoms with Crippen LogP contribution in [0.25, 0.3) is 0 Å². The summed E-state index contributed by atoms with van der Waals surface area (Å²) in [6, 6.07) is 4.25. The van der Waals surface area contributed by atoms with Gasteiger partial charge in [-0.2, -0.15) is 0 Å². The number of ether oxygens (including phenoxy) is 1. The molecule has 0 aliphatic rings. The molecule has 1 heterocycles. The summed E-state index contributed by atoms with van der Waals surface area (Å²) in [6.45, 7) is 0.469. The van der Waals surface area contributed by atoms with Crippen LogP contribution < -0.4 is 10.5 Å². The Morgan fingerprint density at radius 1 is 1.50 bits per heavy atom. The second-order valence-electron chi connectivity index (χ2n) is 3.80. The largest absolute Gasteiger partial charge is 0.485 e. The third-order valence-corrected chi connectivity index (χ3v) is 2.98. The van der Waals surface area contributed by atoms with Crippen LogP contribution in [-0.4, -0.2) is 9.55 Å². The molecule has 0 amide bonds. The van der Waals surface area contributed by atoms with Crippen molar-refractivity contribution in [2.75, 3.05) is 0 Å². The van der Waals surface area contributed by atoms with Gasteiger partial charge in [0.25, 0.3) is 0 Å². The molecule has 0 fully saturated rings. The molecule has 0 radical (unpaired) electrons. The number of aromatic nitrogens is 2. The minimum atomic E-state index is -0.331. The molecule has 0 unspecified atom stereocenters. The lowest BCUT2D eigenvalue weighted by atomic mass is 10.2. The topological polar surface area (TPSA) is 53.1 Å². The molecule has 2 N–H and O–H groups in total. The summed E-state index contributed by atoms with van der Waals surface area (Å²) >= 11 is 5.87. The highest BCUT2D eigenvalue weighted by molar-refractivity contribution is 6.29. The predicted molar refractivity (Wildman–Crippen MR) is 66.8 cm³/mol. The summed E-state index contributed by atoms with van der Waals surface area (Å²) in [5.74, 6) is 0.910. The fraction of sp³-hybridized carbons (Fsp3) is 0.250. The van der Waals surface area contributed by atoms with E-state index >= 15 is 0 Å². The molecule has 0 spiro atoms. The monoisotopic (exact) mass is 269 g/mol. The fourth-order valence-electron chi connectivity index (χ4n) is 1.55. The Labute approximate surface area is 109 Å². The van der Waals surface area contributed by atoms with Gasteiger partial charge in [0.1, 0.15) is 29.2 Å². The molecule has 2 rings (SSSR count). The molecule has 18 heavy (non-hydrogen) atoms. The molecule has 4 nitrogen and oxygen atoms in total. The number of nitrogens with zero attached hydrogens (tertiary/aromatic N) is 2. The van der Waals surface area contributed by atoms with Crippen molar-refractivity contribution in [3.8, 4) is 5.75 Å². The van der Waals surface area contributed by atoms with Gasteiger partial charge in [0, 0.05) is 19.2 Å². The summed E-state index contributed by atoms with van der Waals surface area (Å²) < 4.78 is 20.3. The summed E-state index contributed by atoms with van der Waals surface area (Å²) in [5.41, 5.74) is 6.15. The molecule has 96 valence electrons. The summed E-state index contributed by atoms with van der Waals surface area (Å²) in [6.07, 6.45) is 1.55. The van der Waals surface area contributed by atoms with Gasteiger partial charge in [-0.1, -0.05) is 11.6 Å². The minimum absolute atomic E-state index is 0.217. The Morgan fingerprint density at radius 3 is 2.89 bits per heavy atom. The van der Waals surface area contributed by atoms with Crippen molar-refractivity contribution >= 4 is 11.6 Å². The number of rotatable bonds is 4. The maximum Gasteiger partial charge on any atom is 0.147 e. The first-order valence-corrected chi connectivity index (χ1v) is 5.77. The lowest BCUT2D eigenvalue weighted by Gasteiger charge is -2.10. The van der Waals surface area contributed by atoms with Gasteiger partial charge < -0.3 is 15.0 Å². The maximum atomic E-state index is 13.0. The Balaban J connectivity index is 2.13. The summed E-state index contributed by atoms with van der Waals surface area (Å²) in [7, 11) is 1.79. The zero-order chi connectivity index (χ0) is 13.1. The van der Waals surface area contributed by atoms with Gasteiger partial charge >= 0.3 is 0 Å². The second kappa shape index (κ2) is 5.37. The highest BCUT2D eigenvalue weighted by Gasteiger charge is 2.08. The zero-order valence-electron chi connectivity index (χ0n) is 9.86. The van der Waals surface area contributed by atoms with E-state index in [2.05, 4.69) is 4.98 Å². The van der Waals surface area contributed by atoms with E-state index < -0.39 is 0 Å². The number of nitrogens with two attached hydrogens (primary N) is 1. The number of hydrogen-bond acceptors (Lipinski definition) is 3. The third kappa shape index (κ3) is 2.63. The number of benzene rings is 1. The molecule has 2 aromatic rings. The zero-order valence-corrected chi connectivity index (χ0v) is 10.6. The van der Waals surface area contributed by atoms with Gasteiger partial charge in [-0.15, -0.1) is 0 Å². The molecule has 1 aromatic carbocycles. The lowest BCUT2D eigenvalue weighted by molar-refractivity contribution is 0.288. The third-order valence-electron chi connectivity index (χ3n) is 2.63. The van der Waals surface area contributed by atoms with Gasteiger partial charge in [-0.25, -0.2) is 9.37 Å². The highest BCUT2D eigenvalue weighted by atomic mass is 35.5.